The number of halogens is 1. The van der Waals surface area contributed by atoms with Crippen LogP contribution in [-0.2, 0) is 0 Å². The Kier molecular flexibility index (Phi) is 1.94. The van der Waals surface area contributed by atoms with Gasteiger partial charge in [0.1, 0.15) is 0 Å². The van der Waals surface area contributed by atoms with Crippen molar-refractivity contribution in [2.24, 2.45) is 0 Å². The third kappa shape index (κ3) is 1.17. The molecule has 0 unspecified atom stereocenters. The zero-order chi connectivity index (χ0) is 6.85. The van der Waals surface area contributed by atoms with E-state index in [0.29, 0.717) is 0 Å². The monoisotopic (exact) mass is 200 g/mol. The van der Waals surface area contributed by atoms with Crippen molar-refractivity contribution in [2.75, 3.05) is 0 Å². The molecule has 0 aliphatic carbocycles. The number of hydrogen-bond acceptors (Lipinski definition) is 1. The maximum atomic E-state index is 5.19. The maximum Gasteiger partial charge on any atom is 0.0910 e. The van der Waals surface area contributed by atoms with Gasteiger partial charge in [0.15, 0.2) is 0 Å². The number of aryl methyl sites for hydroxylation is 1. The minimum Gasteiger partial charge on any atom is -0.134 e. The largest absolute Gasteiger partial charge is 0.134 e. The first-order chi connectivity index (χ1) is 4.25. The topological polar surface area (TPSA) is 0 Å². The Morgan fingerprint density at radius 3 is 2.67 bits per heavy atom. The third-order valence-corrected chi connectivity index (χ3v) is 3.34. The standard InChI is InChI=1S/C7H5BrS/c1-3-6-7(8)5(2)4-9-6/h1,4H,2H3. The van der Waals surface area contributed by atoms with Crippen LogP contribution in [0.5, 0.6) is 0 Å². The second kappa shape index (κ2) is 2.55. The molecule has 0 N–H and O–H groups in total. The Bertz CT molecular complexity index is 254. The van der Waals surface area contributed by atoms with Crippen molar-refractivity contribution in [3.8, 4) is 12.3 Å². The maximum absolute atomic E-state index is 5.19. The lowest BCUT2D eigenvalue weighted by Gasteiger charge is -1.83. The average Bonchev–Trinajstić information content (AvgIpc) is 2.15. The normalized spacial score (nSPS) is 9.00. The minimum atomic E-state index is 0.979. The molecule has 0 aromatic carbocycles. The number of hydrogen-bond donors (Lipinski definition) is 0. The molecule has 0 spiro atoms. The molecule has 2 heteroatoms. The highest BCUT2D eigenvalue weighted by Crippen LogP contribution is 2.26. The molecule has 0 bridgehead atoms. The summed E-state index contributed by atoms with van der Waals surface area (Å²) in [6.07, 6.45) is 5.19. The molecule has 1 rings (SSSR count). The van der Waals surface area contributed by atoms with E-state index in [2.05, 4.69) is 21.9 Å². The first-order valence-electron chi connectivity index (χ1n) is 2.46. The van der Waals surface area contributed by atoms with E-state index in [9.17, 15) is 0 Å². The summed E-state index contributed by atoms with van der Waals surface area (Å²) in [6, 6.07) is 0. The van der Waals surface area contributed by atoms with Crippen LogP contribution in [0, 0.1) is 19.3 Å². The molecule has 0 radical (unpaired) electrons. The van der Waals surface area contributed by atoms with E-state index in [0.717, 1.165) is 9.35 Å². The molecular formula is C7H5BrS. The molecule has 0 nitrogen and oxygen atoms in total. The van der Waals surface area contributed by atoms with E-state index in [1.807, 2.05) is 12.3 Å². The van der Waals surface area contributed by atoms with Crippen molar-refractivity contribution >= 4 is 27.3 Å². The Balaban J connectivity index is 3.24. The Morgan fingerprint density at radius 2 is 2.44 bits per heavy atom. The molecule has 0 amide bonds. The predicted octanol–water partition coefficient (Wildman–Crippen LogP) is 2.80. The molecule has 0 aliphatic heterocycles. The third-order valence-electron chi connectivity index (χ3n) is 1.03. The first-order valence-corrected chi connectivity index (χ1v) is 4.13. The molecule has 1 aromatic rings. The number of terminal acetylenes is 1. The van der Waals surface area contributed by atoms with Gasteiger partial charge in [0.25, 0.3) is 0 Å². The highest BCUT2D eigenvalue weighted by Gasteiger charge is 2.00. The van der Waals surface area contributed by atoms with Crippen molar-refractivity contribution in [3.05, 3.63) is 20.3 Å². The summed E-state index contributed by atoms with van der Waals surface area (Å²) in [5, 5.41) is 2.04. The van der Waals surface area contributed by atoms with Gasteiger partial charge in [0.05, 0.1) is 4.88 Å². The predicted molar refractivity (Wildman–Crippen MR) is 44.7 cm³/mol. The summed E-state index contributed by atoms with van der Waals surface area (Å²) in [5.74, 6) is 2.59. The fraction of sp³-hybridized carbons (Fsp3) is 0.143. The van der Waals surface area contributed by atoms with E-state index in [4.69, 9.17) is 6.42 Å². The van der Waals surface area contributed by atoms with Crippen LogP contribution in [0.25, 0.3) is 0 Å². The van der Waals surface area contributed by atoms with Gasteiger partial charge in [-0.15, -0.1) is 17.8 Å². The van der Waals surface area contributed by atoms with Gasteiger partial charge in [-0.05, 0) is 33.8 Å². The number of rotatable bonds is 0. The van der Waals surface area contributed by atoms with Crippen molar-refractivity contribution in [3.63, 3.8) is 0 Å². The van der Waals surface area contributed by atoms with Gasteiger partial charge >= 0.3 is 0 Å². The fourth-order valence-electron chi connectivity index (χ4n) is 0.527. The van der Waals surface area contributed by atoms with Crippen LogP contribution >= 0.6 is 27.3 Å². The van der Waals surface area contributed by atoms with E-state index < -0.39 is 0 Å². The van der Waals surface area contributed by atoms with E-state index >= 15 is 0 Å². The summed E-state index contributed by atoms with van der Waals surface area (Å²) in [6.45, 7) is 2.03. The van der Waals surface area contributed by atoms with Crippen LogP contribution in [0.4, 0.5) is 0 Å². The SMILES string of the molecule is C#Cc1scc(C)c1Br. The van der Waals surface area contributed by atoms with Gasteiger partial charge < -0.3 is 0 Å². The van der Waals surface area contributed by atoms with Crippen LogP contribution in [0.1, 0.15) is 10.4 Å². The fourth-order valence-corrected chi connectivity index (χ4v) is 1.93. The van der Waals surface area contributed by atoms with Crippen LogP contribution in [-0.4, -0.2) is 0 Å². The quantitative estimate of drug-likeness (QED) is 0.566. The van der Waals surface area contributed by atoms with Crippen LogP contribution in [0.15, 0.2) is 9.85 Å². The van der Waals surface area contributed by atoms with Crippen LogP contribution < -0.4 is 0 Å². The molecule has 0 saturated heterocycles. The summed E-state index contributed by atoms with van der Waals surface area (Å²) in [5.41, 5.74) is 1.22. The van der Waals surface area contributed by atoms with Crippen molar-refractivity contribution in [1.29, 1.82) is 0 Å². The highest BCUT2D eigenvalue weighted by molar-refractivity contribution is 9.10. The van der Waals surface area contributed by atoms with Gasteiger partial charge in [0, 0.05) is 4.47 Å². The van der Waals surface area contributed by atoms with Crippen molar-refractivity contribution < 1.29 is 0 Å². The van der Waals surface area contributed by atoms with Gasteiger partial charge in [0.2, 0.25) is 0 Å². The molecule has 0 atom stereocenters. The molecule has 0 fully saturated rings. The Morgan fingerprint density at radius 1 is 1.78 bits per heavy atom. The molecule has 1 aromatic heterocycles. The molecule has 46 valence electrons. The van der Waals surface area contributed by atoms with Gasteiger partial charge in [-0.25, -0.2) is 0 Å². The lowest BCUT2D eigenvalue weighted by atomic mass is 10.3. The lowest BCUT2D eigenvalue weighted by Crippen LogP contribution is -1.65. The van der Waals surface area contributed by atoms with E-state index in [1.165, 1.54) is 5.56 Å². The smallest absolute Gasteiger partial charge is 0.0910 e. The van der Waals surface area contributed by atoms with Crippen LogP contribution in [0.2, 0.25) is 0 Å². The molecule has 0 saturated carbocycles. The van der Waals surface area contributed by atoms with E-state index in [1.54, 1.807) is 11.3 Å². The van der Waals surface area contributed by atoms with Gasteiger partial charge in [-0.2, -0.15) is 0 Å². The lowest BCUT2D eigenvalue weighted by molar-refractivity contribution is 1.51. The molecule has 1 heterocycles. The second-order valence-corrected chi connectivity index (χ2v) is 3.38. The van der Waals surface area contributed by atoms with Gasteiger partial charge in [-0.3, -0.25) is 0 Å². The zero-order valence-corrected chi connectivity index (χ0v) is 7.34. The van der Waals surface area contributed by atoms with Crippen molar-refractivity contribution in [1.82, 2.24) is 0 Å². The summed E-state index contributed by atoms with van der Waals surface area (Å²) < 4.78 is 1.06. The summed E-state index contributed by atoms with van der Waals surface area (Å²) in [4.78, 5) is 0.979. The average molecular weight is 201 g/mol. The Labute approximate surface area is 67.0 Å². The highest BCUT2D eigenvalue weighted by atomic mass is 79.9. The molecule has 0 aliphatic rings. The Hall–Kier alpha value is -0.260. The zero-order valence-electron chi connectivity index (χ0n) is 4.94. The molecule has 9 heavy (non-hydrogen) atoms. The van der Waals surface area contributed by atoms with Crippen LogP contribution in [0.3, 0.4) is 0 Å². The molecular weight excluding hydrogens is 196 g/mol. The van der Waals surface area contributed by atoms with E-state index in [-0.39, 0.29) is 0 Å². The summed E-state index contributed by atoms with van der Waals surface area (Å²) in [7, 11) is 0. The first kappa shape index (κ1) is 6.85. The van der Waals surface area contributed by atoms with Gasteiger partial charge in [-0.1, -0.05) is 5.92 Å². The van der Waals surface area contributed by atoms with Crippen molar-refractivity contribution in [2.45, 2.75) is 6.92 Å². The number of thiophene rings is 1. The summed E-state index contributed by atoms with van der Waals surface area (Å²) >= 11 is 4.97. The minimum absolute atomic E-state index is 0.979. The second-order valence-electron chi connectivity index (χ2n) is 1.71.